The van der Waals surface area contributed by atoms with E-state index in [0.717, 1.165) is 35.6 Å². The van der Waals surface area contributed by atoms with Crippen LogP contribution in [0.25, 0.3) is 0 Å². The number of hydrogen-bond donors (Lipinski definition) is 2. The van der Waals surface area contributed by atoms with Crippen LogP contribution in [0.4, 0.5) is 5.69 Å². The molecule has 0 aliphatic heterocycles. The van der Waals surface area contributed by atoms with Gasteiger partial charge in [-0.1, -0.05) is 12.1 Å². The lowest BCUT2D eigenvalue weighted by molar-refractivity contribution is -0.115. The van der Waals surface area contributed by atoms with Crippen LogP contribution in [-0.2, 0) is 17.8 Å². The lowest BCUT2D eigenvalue weighted by Gasteiger charge is -2.08. The maximum Gasteiger partial charge on any atom is 0.238 e. The summed E-state index contributed by atoms with van der Waals surface area (Å²) in [6.45, 7) is 2.17. The fourth-order valence-electron chi connectivity index (χ4n) is 2.38. The summed E-state index contributed by atoms with van der Waals surface area (Å²) in [6, 6.07) is 8.00. The molecule has 24 heavy (non-hydrogen) atoms. The van der Waals surface area contributed by atoms with Crippen LogP contribution in [0.2, 0.25) is 0 Å². The van der Waals surface area contributed by atoms with Crippen LogP contribution in [0.3, 0.4) is 0 Å². The summed E-state index contributed by atoms with van der Waals surface area (Å²) in [5.41, 5.74) is 2.07. The molecule has 7 heteroatoms. The number of amides is 1. The number of carbonyl (C=O) groups is 1. The van der Waals surface area contributed by atoms with E-state index in [9.17, 15) is 4.79 Å². The molecule has 3 rings (SSSR count). The van der Waals surface area contributed by atoms with Crippen molar-refractivity contribution in [1.82, 2.24) is 15.1 Å². The van der Waals surface area contributed by atoms with Gasteiger partial charge in [-0.3, -0.25) is 9.48 Å². The van der Waals surface area contributed by atoms with Crippen molar-refractivity contribution < 1.29 is 4.79 Å². The van der Waals surface area contributed by atoms with E-state index < -0.39 is 0 Å². The second kappa shape index (κ2) is 9.20. The van der Waals surface area contributed by atoms with Gasteiger partial charge in [0.15, 0.2) is 0 Å². The second-order valence-electron chi connectivity index (χ2n) is 5.99. The number of aromatic nitrogens is 2. The van der Waals surface area contributed by atoms with Crippen molar-refractivity contribution in [2.45, 2.75) is 25.8 Å². The molecular weight excluding hydrogens is 392 g/mol. The molecule has 0 spiro atoms. The third kappa shape index (κ3) is 6.26. The SMILES string of the molecule is Cl.O=C(CNCC1CC1)Nc1ccc(CCn2cc(Br)cn2)cc1. The maximum absolute atomic E-state index is 11.8. The predicted octanol–water partition coefficient (Wildman–Crippen LogP) is 3.25. The minimum Gasteiger partial charge on any atom is -0.325 e. The van der Waals surface area contributed by atoms with E-state index in [1.165, 1.54) is 18.4 Å². The molecule has 1 aliphatic carbocycles. The van der Waals surface area contributed by atoms with Gasteiger partial charge in [0.1, 0.15) is 0 Å². The first kappa shape index (κ1) is 19.0. The van der Waals surface area contributed by atoms with Gasteiger partial charge in [-0.25, -0.2) is 0 Å². The van der Waals surface area contributed by atoms with E-state index in [1.54, 1.807) is 6.20 Å². The fourth-order valence-corrected chi connectivity index (χ4v) is 2.70. The van der Waals surface area contributed by atoms with Crippen LogP contribution >= 0.6 is 28.3 Å². The van der Waals surface area contributed by atoms with Crippen molar-refractivity contribution in [3.05, 3.63) is 46.7 Å². The van der Waals surface area contributed by atoms with Crippen LogP contribution in [0.5, 0.6) is 0 Å². The molecule has 1 heterocycles. The summed E-state index contributed by atoms with van der Waals surface area (Å²) in [7, 11) is 0. The zero-order valence-electron chi connectivity index (χ0n) is 13.4. The third-order valence-corrected chi connectivity index (χ3v) is 4.29. The van der Waals surface area contributed by atoms with Gasteiger partial charge in [-0.05, 0) is 65.4 Å². The molecule has 0 atom stereocenters. The van der Waals surface area contributed by atoms with Crippen molar-refractivity contribution >= 4 is 39.9 Å². The first-order valence-corrected chi connectivity index (χ1v) is 8.76. The Labute approximate surface area is 156 Å². The van der Waals surface area contributed by atoms with Gasteiger partial charge in [-0.2, -0.15) is 5.10 Å². The average molecular weight is 414 g/mol. The Morgan fingerprint density at radius 2 is 2.04 bits per heavy atom. The Hall–Kier alpha value is -1.37. The monoisotopic (exact) mass is 412 g/mol. The number of hydrogen-bond acceptors (Lipinski definition) is 3. The van der Waals surface area contributed by atoms with Crippen molar-refractivity contribution in [2.75, 3.05) is 18.4 Å². The zero-order chi connectivity index (χ0) is 16.1. The number of carbonyl (C=O) groups excluding carboxylic acids is 1. The summed E-state index contributed by atoms with van der Waals surface area (Å²) >= 11 is 3.39. The first-order valence-electron chi connectivity index (χ1n) is 7.96. The van der Waals surface area contributed by atoms with E-state index in [2.05, 4.69) is 31.7 Å². The minimum atomic E-state index is 0. The van der Waals surface area contributed by atoms with E-state index >= 15 is 0 Å². The summed E-state index contributed by atoms with van der Waals surface area (Å²) in [6.07, 6.45) is 7.25. The highest BCUT2D eigenvalue weighted by molar-refractivity contribution is 9.10. The number of halogens is 2. The Morgan fingerprint density at radius 1 is 1.29 bits per heavy atom. The summed E-state index contributed by atoms with van der Waals surface area (Å²) in [4.78, 5) is 11.8. The molecular formula is C17H22BrClN4O. The van der Waals surface area contributed by atoms with Crippen molar-refractivity contribution in [3.63, 3.8) is 0 Å². The van der Waals surface area contributed by atoms with Gasteiger partial charge in [0, 0.05) is 18.4 Å². The topological polar surface area (TPSA) is 59.0 Å². The molecule has 2 aromatic rings. The summed E-state index contributed by atoms with van der Waals surface area (Å²) in [5, 5.41) is 10.3. The molecule has 1 aliphatic rings. The Bertz CT molecular complexity index is 655. The summed E-state index contributed by atoms with van der Waals surface area (Å²) in [5.74, 6) is 0.803. The molecule has 0 unspecified atom stereocenters. The van der Waals surface area contributed by atoms with Gasteiger partial charge < -0.3 is 10.6 Å². The molecule has 1 amide bonds. The normalized spacial score (nSPS) is 13.4. The van der Waals surface area contributed by atoms with Gasteiger partial charge in [0.2, 0.25) is 5.91 Å². The van der Waals surface area contributed by atoms with E-state index in [-0.39, 0.29) is 18.3 Å². The van der Waals surface area contributed by atoms with Crippen molar-refractivity contribution in [2.24, 2.45) is 5.92 Å². The van der Waals surface area contributed by atoms with Gasteiger partial charge >= 0.3 is 0 Å². The largest absolute Gasteiger partial charge is 0.325 e. The van der Waals surface area contributed by atoms with Gasteiger partial charge in [-0.15, -0.1) is 12.4 Å². The molecule has 0 radical (unpaired) electrons. The van der Waals surface area contributed by atoms with Crippen LogP contribution < -0.4 is 10.6 Å². The average Bonchev–Trinajstić information content (AvgIpc) is 3.27. The number of nitrogens with zero attached hydrogens (tertiary/aromatic N) is 2. The molecule has 130 valence electrons. The Kier molecular flexibility index (Phi) is 7.27. The van der Waals surface area contributed by atoms with E-state index in [1.807, 2.05) is 35.1 Å². The molecule has 0 saturated heterocycles. The lowest BCUT2D eigenvalue weighted by atomic mass is 10.1. The van der Waals surface area contributed by atoms with Gasteiger partial charge in [0.25, 0.3) is 0 Å². The highest BCUT2D eigenvalue weighted by Gasteiger charge is 2.20. The second-order valence-corrected chi connectivity index (χ2v) is 6.91. The molecule has 1 aromatic heterocycles. The quantitative estimate of drug-likeness (QED) is 0.698. The van der Waals surface area contributed by atoms with Crippen LogP contribution in [0.15, 0.2) is 41.1 Å². The number of anilines is 1. The highest BCUT2D eigenvalue weighted by atomic mass is 79.9. The van der Waals surface area contributed by atoms with Crippen LogP contribution in [0, 0.1) is 5.92 Å². The number of rotatable bonds is 8. The van der Waals surface area contributed by atoms with E-state index in [4.69, 9.17) is 0 Å². The summed E-state index contributed by atoms with van der Waals surface area (Å²) < 4.78 is 2.90. The zero-order valence-corrected chi connectivity index (χ0v) is 15.8. The smallest absolute Gasteiger partial charge is 0.238 e. The molecule has 2 N–H and O–H groups in total. The number of benzene rings is 1. The van der Waals surface area contributed by atoms with Gasteiger partial charge in [0.05, 0.1) is 17.2 Å². The van der Waals surface area contributed by atoms with Crippen LogP contribution in [0.1, 0.15) is 18.4 Å². The number of aryl methyl sites for hydroxylation is 2. The van der Waals surface area contributed by atoms with Crippen molar-refractivity contribution in [3.8, 4) is 0 Å². The highest BCUT2D eigenvalue weighted by Crippen LogP contribution is 2.27. The maximum atomic E-state index is 11.8. The van der Waals surface area contributed by atoms with Crippen molar-refractivity contribution in [1.29, 1.82) is 0 Å². The third-order valence-electron chi connectivity index (χ3n) is 3.88. The van der Waals surface area contributed by atoms with Crippen LogP contribution in [-0.4, -0.2) is 28.8 Å². The lowest BCUT2D eigenvalue weighted by Crippen LogP contribution is -2.29. The molecule has 1 aromatic carbocycles. The fraction of sp³-hybridized carbons (Fsp3) is 0.412. The first-order chi connectivity index (χ1) is 11.2. The standard InChI is InChI=1S/C17H21BrN4O.ClH/c18-15-10-20-22(12-15)8-7-13-3-5-16(6-4-13)21-17(23)11-19-9-14-1-2-14;/h3-6,10,12,14,19H,1-2,7-9,11H2,(H,21,23);1H. The molecule has 1 fully saturated rings. The molecule has 5 nitrogen and oxygen atoms in total. The Morgan fingerprint density at radius 3 is 2.67 bits per heavy atom. The minimum absolute atomic E-state index is 0. The van der Waals surface area contributed by atoms with E-state index in [0.29, 0.717) is 6.54 Å². The number of nitrogens with one attached hydrogen (secondary N) is 2. The molecule has 1 saturated carbocycles. The Balaban J connectivity index is 0.00000208. The predicted molar refractivity (Wildman–Crippen MR) is 102 cm³/mol. The molecule has 0 bridgehead atoms.